The molecule has 0 fully saturated rings. The van der Waals surface area contributed by atoms with Crippen LogP contribution >= 0.6 is 0 Å². The molecule has 0 bridgehead atoms. The zero-order chi connectivity index (χ0) is 27.3. The number of hydrogen-bond acceptors (Lipinski definition) is 4. The molecule has 6 nitrogen and oxygen atoms in total. The van der Waals surface area contributed by atoms with Crippen LogP contribution in [0.15, 0.2) is 48.5 Å². The van der Waals surface area contributed by atoms with Crippen molar-refractivity contribution in [2.24, 2.45) is 0 Å². The van der Waals surface area contributed by atoms with Gasteiger partial charge in [0.25, 0.3) is 11.8 Å². The molecule has 2 aromatic rings. The van der Waals surface area contributed by atoms with Gasteiger partial charge in [0.05, 0.1) is 13.2 Å². The topological polar surface area (TPSA) is 76.7 Å². The highest BCUT2D eigenvalue weighted by Crippen LogP contribution is 2.15. The van der Waals surface area contributed by atoms with Crippen molar-refractivity contribution in [1.82, 2.24) is 10.6 Å². The molecule has 0 atom stereocenters. The van der Waals surface area contributed by atoms with Crippen molar-refractivity contribution in [2.75, 3.05) is 26.3 Å². The van der Waals surface area contributed by atoms with E-state index in [0.29, 0.717) is 37.4 Å². The predicted molar refractivity (Wildman–Crippen MR) is 155 cm³/mol. The van der Waals surface area contributed by atoms with Crippen molar-refractivity contribution < 1.29 is 19.1 Å². The Labute approximate surface area is 229 Å². The lowest BCUT2D eigenvalue weighted by Gasteiger charge is -2.10. The van der Waals surface area contributed by atoms with Crippen molar-refractivity contribution >= 4 is 11.8 Å². The summed E-state index contributed by atoms with van der Waals surface area (Å²) in [6, 6.07) is 14.4. The molecule has 0 aliphatic carbocycles. The second kappa shape index (κ2) is 20.0. The van der Waals surface area contributed by atoms with Crippen molar-refractivity contribution in [3.8, 4) is 11.5 Å². The average molecular weight is 525 g/mol. The fourth-order valence-corrected chi connectivity index (χ4v) is 4.11. The maximum atomic E-state index is 12.4. The van der Waals surface area contributed by atoms with Gasteiger partial charge in [0, 0.05) is 24.2 Å². The highest BCUT2D eigenvalue weighted by Gasteiger charge is 2.08. The first-order valence-electron chi connectivity index (χ1n) is 14.7. The van der Waals surface area contributed by atoms with E-state index < -0.39 is 0 Å². The highest BCUT2D eigenvalue weighted by atomic mass is 16.5. The SMILES string of the molecule is CCCCCCCCOc1ccc(C(=O)NCCNC(=O)c2ccc(OCCCCCCCC)cc2)cc1. The Morgan fingerprint density at radius 1 is 0.526 bits per heavy atom. The summed E-state index contributed by atoms with van der Waals surface area (Å²) in [5.74, 6) is 1.21. The van der Waals surface area contributed by atoms with E-state index in [1.165, 1.54) is 64.2 Å². The van der Waals surface area contributed by atoms with Crippen LogP contribution in [0.1, 0.15) is 112 Å². The summed E-state index contributed by atoms with van der Waals surface area (Å²) in [6.07, 6.45) is 14.7. The first kappa shape index (κ1) is 31.2. The van der Waals surface area contributed by atoms with Gasteiger partial charge in [-0.2, -0.15) is 0 Å². The van der Waals surface area contributed by atoms with Gasteiger partial charge in [0.2, 0.25) is 0 Å². The third kappa shape index (κ3) is 13.5. The lowest BCUT2D eigenvalue weighted by Crippen LogP contribution is -2.34. The van der Waals surface area contributed by atoms with Crippen LogP contribution in [0.2, 0.25) is 0 Å². The van der Waals surface area contributed by atoms with Crippen molar-refractivity contribution in [2.45, 2.75) is 90.9 Å². The Kier molecular flexibility index (Phi) is 16.4. The molecular formula is C32H48N2O4. The van der Waals surface area contributed by atoms with Gasteiger partial charge in [0.15, 0.2) is 0 Å². The minimum atomic E-state index is -0.173. The molecular weight excluding hydrogens is 476 g/mol. The second-order valence-corrected chi connectivity index (χ2v) is 9.79. The Bertz CT molecular complexity index is 821. The number of unbranched alkanes of at least 4 members (excludes halogenated alkanes) is 10. The van der Waals surface area contributed by atoms with Crippen LogP contribution in [0.3, 0.4) is 0 Å². The second-order valence-electron chi connectivity index (χ2n) is 9.79. The molecule has 38 heavy (non-hydrogen) atoms. The molecule has 210 valence electrons. The van der Waals surface area contributed by atoms with E-state index in [2.05, 4.69) is 24.5 Å². The van der Waals surface area contributed by atoms with Crippen molar-refractivity contribution in [3.63, 3.8) is 0 Å². The standard InChI is InChI=1S/C32H48N2O4/c1-3-5-7-9-11-13-25-37-29-19-15-27(16-20-29)31(35)33-23-24-34-32(36)28-17-21-30(22-18-28)38-26-14-12-10-8-6-4-2/h15-22H,3-14,23-26H2,1-2H3,(H,33,35)(H,34,36). The van der Waals surface area contributed by atoms with Crippen LogP contribution in [0.25, 0.3) is 0 Å². The van der Waals surface area contributed by atoms with E-state index in [0.717, 1.165) is 24.3 Å². The number of benzene rings is 2. The van der Waals surface area contributed by atoms with Gasteiger partial charge in [-0.25, -0.2) is 0 Å². The first-order chi connectivity index (χ1) is 18.6. The molecule has 0 saturated carbocycles. The zero-order valence-electron chi connectivity index (χ0n) is 23.6. The minimum absolute atomic E-state index is 0.173. The fourth-order valence-electron chi connectivity index (χ4n) is 4.11. The average Bonchev–Trinajstić information content (AvgIpc) is 2.95. The van der Waals surface area contributed by atoms with Crippen LogP contribution < -0.4 is 20.1 Å². The van der Waals surface area contributed by atoms with E-state index in [-0.39, 0.29) is 11.8 Å². The Balaban J connectivity index is 1.57. The van der Waals surface area contributed by atoms with E-state index in [1.54, 1.807) is 24.3 Å². The van der Waals surface area contributed by atoms with Crippen LogP contribution in [-0.2, 0) is 0 Å². The van der Waals surface area contributed by atoms with E-state index >= 15 is 0 Å². The number of rotatable bonds is 21. The largest absolute Gasteiger partial charge is 0.494 e. The molecule has 0 aliphatic rings. The molecule has 0 saturated heterocycles. The number of amides is 2. The van der Waals surface area contributed by atoms with Crippen LogP contribution in [0.4, 0.5) is 0 Å². The first-order valence-corrected chi connectivity index (χ1v) is 14.7. The van der Waals surface area contributed by atoms with E-state index in [1.807, 2.05) is 24.3 Å². The van der Waals surface area contributed by atoms with Crippen LogP contribution in [0.5, 0.6) is 11.5 Å². The molecule has 0 aliphatic heterocycles. The molecule has 2 amide bonds. The molecule has 0 spiro atoms. The smallest absolute Gasteiger partial charge is 0.251 e. The molecule has 2 N–H and O–H groups in total. The summed E-state index contributed by atoms with van der Waals surface area (Å²) in [7, 11) is 0. The van der Waals surface area contributed by atoms with Gasteiger partial charge in [0.1, 0.15) is 11.5 Å². The maximum absolute atomic E-state index is 12.4. The van der Waals surface area contributed by atoms with Gasteiger partial charge < -0.3 is 20.1 Å². The molecule has 0 radical (unpaired) electrons. The molecule has 0 unspecified atom stereocenters. The molecule has 2 rings (SSSR count). The number of carbonyl (C=O) groups excluding carboxylic acids is 2. The quantitative estimate of drug-likeness (QED) is 0.168. The molecule has 2 aromatic carbocycles. The fraction of sp³-hybridized carbons (Fsp3) is 0.562. The number of carbonyl (C=O) groups is 2. The summed E-state index contributed by atoms with van der Waals surface area (Å²) in [6.45, 7) is 6.54. The normalized spacial score (nSPS) is 10.7. The van der Waals surface area contributed by atoms with Gasteiger partial charge in [-0.3, -0.25) is 9.59 Å². The summed E-state index contributed by atoms with van der Waals surface area (Å²) >= 11 is 0. The van der Waals surface area contributed by atoms with E-state index in [9.17, 15) is 9.59 Å². The predicted octanol–water partition coefficient (Wildman–Crippen LogP) is 7.33. The zero-order valence-corrected chi connectivity index (χ0v) is 23.6. The van der Waals surface area contributed by atoms with Crippen molar-refractivity contribution in [3.05, 3.63) is 59.7 Å². The maximum Gasteiger partial charge on any atom is 0.251 e. The lowest BCUT2D eigenvalue weighted by molar-refractivity contribution is 0.0927. The molecule has 0 heterocycles. The molecule has 0 aromatic heterocycles. The Morgan fingerprint density at radius 3 is 1.24 bits per heavy atom. The Hall–Kier alpha value is -3.02. The van der Waals surface area contributed by atoms with Crippen molar-refractivity contribution in [1.29, 1.82) is 0 Å². The highest BCUT2D eigenvalue weighted by molar-refractivity contribution is 5.95. The monoisotopic (exact) mass is 524 g/mol. The Morgan fingerprint density at radius 2 is 0.868 bits per heavy atom. The number of hydrogen-bond donors (Lipinski definition) is 2. The van der Waals surface area contributed by atoms with Crippen LogP contribution in [0, 0.1) is 0 Å². The summed E-state index contributed by atoms with van der Waals surface area (Å²) in [5.41, 5.74) is 1.14. The summed E-state index contributed by atoms with van der Waals surface area (Å²) in [5, 5.41) is 5.68. The van der Waals surface area contributed by atoms with Gasteiger partial charge in [-0.15, -0.1) is 0 Å². The third-order valence-electron chi connectivity index (χ3n) is 6.46. The third-order valence-corrected chi connectivity index (χ3v) is 6.46. The van der Waals surface area contributed by atoms with Gasteiger partial charge >= 0.3 is 0 Å². The minimum Gasteiger partial charge on any atom is -0.494 e. The van der Waals surface area contributed by atoms with Gasteiger partial charge in [-0.1, -0.05) is 78.1 Å². The number of nitrogens with one attached hydrogen (secondary N) is 2. The summed E-state index contributed by atoms with van der Waals surface area (Å²) in [4.78, 5) is 24.8. The summed E-state index contributed by atoms with van der Waals surface area (Å²) < 4.78 is 11.6. The van der Waals surface area contributed by atoms with Crippen LogP contribution in [-0.4, -0.2) is 38.1 Å². The lowest BCUT2D eigenvalue weighted by atomic mass is 10.1. The van der Waals surface area contributed by atoms with E-state index in [4.69, 9.17) is 9.47 Å². The molecule has 6 heteroatoms. The number of ether oxygens (including phenoxy) is 2. The van der Waals surface area contributed by atoms with Gasteiger partial charge in [-0.05, 0) is 61.4 Å².